The van der Waals surface area contributed by atoms with Crippen molar-refractivity contribution in [3.8, 4) is 6.07 Å². The molecular formula is C16H25Cl2N3. The Morgan fingerprint density at radius 2 is 1.62 bits per heavy atom. The Morgan fingerprint density at radius 1 is 1.10 bits per heavy atom. The fourth-order valence-corrected chi connectivity index (χ4v) is 2.94. The second-order valence-corrected chi connectivity index (χ2v) is 6.29. The molecule has 1 aromatic rings. The standard InChI is InChI=1S/C16H23N3.2ClH/c1-16(2,3)15(19-10-8-18-9-11-19)14-6-4-13(12-17)5-7-14;;/h4-7,15,18H,8-11H2,1-3H3;2*1H/t15-;;/m1../s1. The number of benzene rings is 1. The quantitative estimate of drug-likeness (QED) is 0.903. The van der Waals surface area contributed by atoms with E-state index in [2.05, 4.69) is 49.2 Å². The van der Waals surface area contributed by atoms with Gasteiger partial charge in [-0.25, -0.2) is 0 Å². The first-order chi connectivity index (χ1) is 9.02. The van der Waals surface area contributed by atoms with Crippen molar-refractivity contribution < 1.29 is 0 Å². The third kappa shape index (κ3) is 5.16. The number of halogens is 2. The van der Waals surface area contributed by atoms with Crippen molar-refractivity contribution in [2.45, 2.75) is 26.8 Å². The van der Waals surface area contributed by atoms with Crippen molar-refractivity contribution >= 4 is 24.8 Å². The Hall–Kier alpha value is -0.790. The molecule has 0 aromatic heterocycles. The molecule has 0 radical (unpaired) electrons. The van der Waals surface area contributed by atoms with Crippen LogP contribution in [0.2, 0.25) is 0 Å². The van der Waals surface area contributed by atoms with E-state index in [9.17, 15) is 0 Å². The van der Waals surface area contributed by atoms with Gasteiger partial charge < -0.3 is 5.32 Å². The van der Waals surface area contributed by atoms with Crippen LogP contribution in [0.25, 0.3) is 0 Å². The van der Waals surface area contributed by atoms with Gasteiger partial charge in [0.15, 0.2) is 0 Å². The number of nitriles is 1. The molecule has 2 rings (SSSR count). The van der Waals surface area contributed by atoms with Crippen molar-refractivity contribution in [2.24, 2.45) is 5.41 Å². The predicted molar refractivity (Wildman–Crippen MR) is 92.3 cm³/mol. The largest absolute Gasteiger partial charge is 0.314 e. The lowest BCUT2D eigenvalue weighted by Gasteiger charge is -2.42. The highest BCUT2D eigenvalue weighted by Crippen LogP contribution is 2.38. The van der Waals surface area contributed by atoms with Gasteiger partial charge in [0.2, 0.25) is 0 Å². The number of nitrogens with one attached hydrogen (secondary N) is 1. The zero-order chi connectivity index (χ0) is 13.9. The first-order valence-electron chi connectivity index (χ1n) is 6.97. The lowest BCUT2D eigenvalue weighted by Crippen LogP contribution is -2.48. The zero-order valence-corrected chi connectivity index (χ0v) is 14.6. The first kappa shape index (κ1) is 20.2. The van der Waals surface area contributed by atoms with Crippen LogP contribution in [0.15, 0.2) is 24.3 Å². The number of rotatable bonds is 2. The van der Waals surface area contributed by atoms with E-state index in [0.29, 0.717) is 6.04 Å². The molecule has 1 saturated heterocycles. The average Bonchev–Trinajstić information content (AvgIpc) is 2.39. The summed E-state index contributed by atoms with van der Waals surface area (Å²) in [7, 11) is 0. The van der Waals surface area contributed by atoms with Gasteiger partial charge in [0.05, 0.1) is 11.6 Å². The fourth-order valence-electron chi connectivity index (χ4n) is 2.94. The lowest BCUT2D eigenvalue weighted by atomic mass is 9.81. The summed E-state index contributed by atoms with van der Waals surface area (Å²) < 4.78 is 0. The summed E-state index contributed by atoms with van der Waals surface area (Å²) in [5, 5.41) is 12.3. The molecular weight excluding hydrogens is 305 g/mol. The highest BCUT2D eigenvalue weighted by atomic mass is 35.5. The molecule has 0 spiro atoms. The van der Waals surface area contributed by atoms with Crippen LogP contribution < -0.4 is 5.32 Å². The monoisotopic (exact) mass is 329 g/mol. The molecule has 3 nitrogen and oxygen atoms in total. The molecule has 1 fully saturated rings. The van der Waals surface area contributed by atoms with Crippen molar-refractivity contribution in [3.63, 3.8) is 0 Å². The molecule has 21 heavy (non-hydrogen) atoms. The highest BCUT2D eigenvalue weighted by Gasteiger charge is 2.32. The lowest BCUT2D eigenvalue weighted by molar-refractivity contribution is 0.0862. The fraction of sp³-hybridized carbons (Fsp3) is 0.562. The highest BCUT2D eigenvalue weighted by molar-refractivity contribution is 5.85. The smallest absolute Gasteiger partial charge is 0.0991 e. The Morgan fingerprint density at radius 3 is 2.05 bits per heavy atom. The van der Waals surface area contributed by atoms with Crippen LogP contribution in [0, 0.1) is 16.7 Å². The minimum atomic E-state index is 0. The van der Waals surface area contributed by atoms with Gasteiger partial charge in [0.1, 0.15) is 0 Å². The molecule has 118 valence electrons. The van der Waals surface area contributed by atoms with Gasteiger partial charge >= 0.3 is 0 Å². The maximum atomic E-state index is 8.91. The van der Waals surface area contributed by atoms with E-state index in [0.717, 1.165) is 31.7 Å². The summed E-state index contributed by atoms with van der Waals surface area (Å²) in [5.74, 6) is 0. The molecule has 0 bridgehead atoms. The van der Waals surface area contributed by atoms with E-state index >= 15 is 0 Å². The van der Waals surface area contributed by atoms with Gasteiger partial charge in [-0.15, -0.1) is 24.8 Å². The maximum absolute atomic E-state index is 8.91. The SMILES string of the molecule is CC(C)(C)[C@@H](c1ccc(C#N)cc1)N1CCNCC1.Cl.Cl. The maximum Gasteiger partial charge on any atom is 0.0991 e. The van der Waals surface area contributed by atoms with Crippen LogP contribution in [0.3, 0.4) is 0 Å². The number of piperazine rings is 1. The minimum absolute atomic E-state index is 0. The number of nitrogens with zero attached hydrogens (tertiary/aromatic N) is 2. The molecule has 1 aromatic carbocycles. The summed E-state index contributed by atoms with van der Waals surface area (Å²) in [6.07, 6.45) is 0. The van der Waals surface area contributed by atoms with Crippen molar-refractivity contribution in [1.29, 1.82) is 5.26 Å². The normalized spacial score (nSPS) is 17.0. The molecule has 1 heterocycles. The molecule has 1 aliphatic heterocycles. The number of hydrogen-bond acceptors (Lipinski definition) is 3. The van der Waals surface area contributed by atoms with Crippen LogP contribution >= 0.6 is 24.8 Å². The third-order valence-electron chi connectivity index (χ3n) is 3.69. The zero-order valence-electron chi connectivity index (χ0n) is 12.9. The molecule has 5 heteroatoms. The second-order valence-electron chi connectivity index (χ2n) is 6.29. The van der Waals surface area contributed by atoms with Crippen LogP contribution in [-0.2, 0) is 0 Å². The summed E-state index contributed by atoms with van der Waals surface area (Å²) >= 11 is 0. The topological polar surface area (TPSA) is 39.1 Å². The summed E-state index contributed by atoms with van der Waals surface area (Å²) in [5.41, 5.74) is 2.23. The molecule has 0 unspecified atom stereocenters. The van der Waals surface area contributed by atoms with Gasteiger partial charge in [-0.2, -0.15) is 5.26 Å². The van der Waals surface area contributed by atoms with Crippen LogP contribution in [0.1, 0.15) is 37.9 Å². The summed E-state index contributed by atoms with van der Waals surface area (Å²) in [4.78, 5) is 2.55. The van der Waals surface area contributed by atoms with E-state index < -0.39 is 0 Å². The van der Waals surface area contributed by atoms with Crippen molar-refractivity contribution in [3.05, 3.63) is 35.4 Å². The van der Waals surface area contributed by atoms with Gasteiger partial charge in [0, 0.05) is 32.2 Å². The first-order valence-corrected chi connectivity index (χ1v) is 6.97. The summed E-state index contributed by atoms with van der Waals surface area (Å²) in [6.45, 7) is 11.2. The Kier molecular flexibility index (Phi) is 8.28. The molecule has 0 aliphatic carbocycles. The average molecular weight is 330 g/mol. The molecule has 1 atom stereocenters. The van der Waals surface area contributed by atoms with Gasteiger partial charge in [-0.1, -0.05) is 32.9 Å². The van der Waals surface area contributed by atoms with Crippen LogP contribution in [0.5, 0.6) is 0 Å². The Labute approximate surface area is 140 Å². The predicted octanol–water partition coefficient (Wildman–Crippen LogP) is 3.39. The second kappa shape index (κ2) is 8.60. The molecule has 0 saturated carbocycles. The van der Waals surface area contributed by atoms with Gasteiger partial charge in [-0.3, -0.25) is 4.90 Å². The van der Waals surface area contributed by atoms with Crippen molar-refractivity contribution in [2.75, 3.05) is 26.2 Å². The third-order valence-corrected chi connectivity index (χ3v) is 3.69. The minimum Gasteiger partial charge on any atom is -0.314 e. The van der Waals surface area contributed by atoms with E-state index in [4.69, 9.17) is 5.26 Å². The van der Waals surface area contributed by atoms with Gasteiger partial charge in [0.25, 0.3) is 0 Å². The Bertz CT molecular complexity index is 454. The van der Waals surface area contributed by atoms with E-state index in [1.807, 2.05) is 12.1 Å². The van der Waals surface area contributed by atoms with Gasteiger partial charge in [-0.05, 0) is 23.1 Å². The number of hydrogen-bond donors (Lipinski definition) is 1. The molecule has 0 amide bonds. The van der Waals surface area contributed by atoms with Crippen LogP contribution in [0.4, 0.5) is 0 Å². The van der Waals surface area contributed by atoms with Crippen LogP contribution in [-0.4, -0.2) is 31.1 Å². The van der Waals surface area contributed by atoms with E-state index in [1.54, 1.807) is 0 Å². The summed E-state index contributed by atoms with van der Waals surface area (Å²) in [6, 6.07) is 10.7. The molecule has 1 N–H and O–H groups in total. The van der Waals surface area contributed by atoms with E-state index in [-0.39, 0.29) is 30.2 Å². The van der Waals surface area contributed by atoms with Crippen molar-refractivity contribution in [1.82, 2.24) is 10.2 Å². The molecule has 1 aliphatic rings. The van der Waals surface area contributed by atoms with E-state index in [1.165, 1.54) is 5.56 Å². The Balaban J connectivity index is 0.00000200.